The number of ketones is 1. The van der Waals surface area contributed by atoms with Crippen LogP contribution in [0.25, 0.3) is 5.76 Å². The molecule has 1 aliphatic rings. The van der Waals surface area contributed by atoms with Crippen LogP contribution >= 0.6 is 0 Å². The molecule has 1 amide bonds. The summed E-state index contributed by atoms with van der Waals surface area (Å²) in [7, 11) is 1.54. The molecule has 1 N–H and O–H groups in total. The molecule has 0 bridgehead atoms. The molecule has 2 aromatic carbocycles. The third kappa shape index (κ3) is 3.26. The van der Waals surface area contributed by atoms with Crippen LogP contribution in [0, 0.1) is 6.92 Å². The first-order chi connectivity index (χ1) is 12.5. The van der Waals surface area contributed by atoms with E-state index in [2.05, 4.69) is 0 Å². The summed E-state index contributed by atoms with van der Waals surface area (Å²) in [5.74, 6) is -1.45. The van der Waals surface area contributed by atoms with Gasteiger partial charge in [0.15, 0.2) is 0 Å². The van der Waals surface area contributed by atoms with Crippen LogP contribution in [0.2, 0.25) is 0 Å². The number of hydrogen-bond acceptors (Lipinski definition) is 4. The number of likely N-dealkylation sites (tertiary alicyclic amines) is 1. The highest BCUT2D eigenvalue weighted by Crippen LogP contribution is 2.39. The van der Waals surface area contributed by atoms with Gasteiger partial charge < -0.3 is 14.7 Å². The van der Waals surface area contributed by atoms with Gasteiger partial charge in [-0.15, -0.1) is 0 Å². The van der Waals surface area contributed by atoms with Gasteiger partial charge in [-0.05, 0) is 12.5 Å². The second-order valence-electron chi connectivity index (χ2n) is 6.27. The van der Waals surface area contributed by atoms with Gasteiger partial charge in [0.1, 0.15) is 5.76 Å². The number of nitrogens with zero attached hydrogens (tertiary/aromatic N) is 1. The van der Waals surface area contributed by atoms with Crippen LogP contribution in [0.15, 0.2) is 60.2 Å². The second-order valence-corrected chi connectivity index (χ2v) is 6.27. The number of carbonyl (C=O) groups excluding carboxylic acids is 2. The third-order valence-corrected chi connectivity index (χ3v) is 4.48. The maximum absolute atomic E-state index is 12.7. The van der Waals surface area contributed by atoms with Crippen LogP contribution in [0.3, 0.4) is 0 Å². The van der Waals surface area contributed by atoms with Gasteiger partial charge in [0.25, 0.3) is 11.7 Å². The number of methoxy groups -OCH3 is 1. The standard InChI is InChI=1S/C21H21NO4/c1-14-7-6-10-16(13-14)18-17(19(23)15-8-4-3-5-9-15)20(24)21(25)22(18)11-12-26-2/h3-10,13,18,23H,11-12H2,1-2H3/b19-17-. The van der Waals surface area contributed by atoms with Gasteiger partial charge >= 0.3 is 0 Å². The first-order valence-electron chi connectivity index (χ1n) is 8.44. The molecule has 26 heavy (non-hydrogen) atoms. The van der Waals surface area contributed by atoms with E-state index in [1.165, 1.54) is 4.90 Å². The highest BCUT2D eigenvalue weighted by atomic mass is 16.5. The lowest BCUT2D eigenvalue weighted by molar-refractivity contribution is -0.140. The first-order valence-corrected chi connectivity index (χ1v) is 8.44. The summed E-state index contributed by atoms with van der Waals surface area (Å²) < 4.78 is 5.09. The van der Waals surface area contributed by atoms with Crippen molar-refractivity contribution in [1.82, 2.24) is 4.90 Å². The van der Waals surface area contributed by atoms with Crippen molar-refractivity contribution >= 4 is 17.4 Å². The molecule has 1 atom stereocenters. The van der Waals surface area contributed by atoms with Crippen molar-refractivity contribution in [2.75, 3.05) is 20.3 Å². The topological polar surface area (TPSA) is 66.8 Å². The van der Waals surface area contributed by atoms with Crippen LogP contribution in [0.5, 0.6) is 0 Å². The van der Waals surface area contributed by atoms with Gasteiger partial charge in [-0.2, -0.15) is 0 Å². The number of hydrogen-bond donors (Lipinski definition) is 1. The van der Waals surface area contributed by atoms with Crippen LogP contribution in [-0.2, 0) is 14.3 Å². The zero-order valence-electron chi connectivity index (χ0n) is 14.8. The quantitative estimate of drug-likeness (QED) is 0.511. The van der Waals surface area contributed by atoms with Crippen molar-refractivity contribution in [1.29, 1.82) is 0 Å². The molecule has 1 aliphatic heterocycles. The zero-order valence-corrected chi connectivity index (χ0v) is 14.8. The normalized spacial score (nSPS) is 19.2. The number of benzene rings is 2. The van der Waals surface area contributed by atoms with E-state index in [0.29, 0.717) is 12.2 Å². The minimum absolute atomic E-state index is 0.114. The molecule has 0 radical (unpaired) electrons. The molecule has 1 saturated heterocycles. The number of rotatable bonds is 5. The molecule has 134 valence electrons. The lowest BCUT2D eigenvalue weighted by Crippen LogP contribution is -2.32. The Bertz CT molecular complexity index is 857. The average molecular weight is 351 g/mol. The minimum Gasteiger partial charge on any atom is -0.507 e. The Morgan fingerprint density at radius 3 is 2.50 bits per heavy atom. The van der Waals surface area contributed by atoms with Gasteiger partial charge in [0.05, 0.1) is 18.2 Å². The SMILES string of the molecule is COCCN1C(=O)C(=O)/C(=C(\O)c2ccccc2)C1c1cccc(C)c1. The Balaban J connectivity index is 2.16. The van der Waals surface area contributed by atoms with Crippen LogP contribution in [0.1, 0.15) is 22.7 Å². The van der Waals surface area contributed by atoms with Crippen molar-refractivity contribution in [2.24, 2.45) is 0 Å². The molecule has 1 fully saturated rings. The highest BCUT2D eigenvalue weighted by Gasteiger charge is 2.45. The second kappa shape index (κ2) is 7.54. The summed E-state index contributed by atoms with van der Waals surface area (Å²) in [5, 5.41) is 10.8. The number of ether oxygens (including phenoxy) is 1. The van der Waals surface area contributed by atoms with E-state index in [1.54, 1.807) is 31.4 Å². The van der Waals surface area contributed by atoms with E-state index in [1.807, 2.05) is 37.3 Å². The molecular formula is C21H21NO4. The molecule has 3 rings (SSSR count). The molecule has 5 nitrogen and oxygen atoms in total. The third-order valence-electron chi connectivity index (χ3n) is 4.48. The highest BCUT2D eigenvalue weighted by molar-refractivity contribution is 6.46. The van der Waals surface area contributed by atoms with Crippen molar-refractivity contribution in [3.63, 3.8) is 0 Å². The molecule has 1 heterocycles. The predicted molar refractivity (Wildman–Crippen MR) is 98.5 cm³/mol. The van der Waals surface area contributed by atoms with E-state index < -0.39 is 17.7 Å². The number of Topliss-reactive ketones (excluding diaryl/α,β-unsaturated/α-hetero) is 1. The van der Waals surface area contributed by atoms with Gasteiger partial charge in [-0.3, -0.25) is 9.59 Å². The predicted octanol–water partition coefficient (Wildman–Crippen LogP) is 3.06. The fraction of sp³-hybridized carbons (Fsp3) is 0.238. The first kappa shape index (κ1) is 17.9. The van der Waals surface area contributed by atoms with Crippen molar-refractivity contribution in [2.45, 2.75) is 13.0 Å². The Hall–Kier alpha value is -2.92. The van der Waals surface area contributed by atoms with Crippen LogP contribution < -0.4 is 0 Å². The Morgan fingerprint density at radius 1 is 1.12 bits per heavy atom. The van der Waals surface area contributed by atoms with E-state index in [9.17, 15) is 14.7 Å². The molecule has 2 aromatic rings. The van der Waals surface area contributed by atoms with Crippen LogP contribution in [-0.4, -0.2) is 42.0 Å². The van der Waals surface area contributed by atoms with Crippen molar-refractivity contribution in [3.05, 3.63) is 76.9 Å². The summed E-state index contributed by atoms with van der Waals surface area (Å²) in [6.45, 7) is 2.52. The molecule has 0 spiro atoms. The van der Waals surface area contributed by atoms with E-state index in [-0.39, 0.29) is 17.9 Å². The fourth-order valence-corrected chi connectivity index (χ4v) is 3.24. The maximum Gasteiger partial charge on any atom is 0.295 e. The number of carbonyl (C=O) groups is 2. The van der Waals surface area contributed by atoms with Gasteiger partial charge in [0.2, 0.25) is 0 Å². The summed E-state index contributed by atoms with van der Waals surface area (Å²) in [6.07, 6.45) is 0. The summed E-state index contributed by atoms with van der Waals surface area (Å²) in [5.41, 5.74) is 2.43. The van der Waals surface area contributed by atoms with E-state index in [0.717, 1.165) is 11.1 Å². The minimum atomic E-state index is -0.672. The van der Waals surface area contributed by atoms with Gasteiger partial charge in [-0.25, -0.2) is 0 Å². The van der Waals surface area contributed by atoms with E-state index >= 15 is 0 Å². The number of amides is 1. The molecule has 5 heteroatoms. The monoisotopic (exact) mass is 351 g/mol. The average Bonchev–Trinajstić information content (AvgIpc) is 2.91. The van der Waals surface area contributed by atoms with Crippen molar-refractivity contribution < 1.29 is 19.4 Å². The fourth-order valence-electron chi connectivity index (χ4n) is 3.24. The van der Waals surface area contributed by atoms with Gasteiger partial charge in [0, 0.05) is 19.2 Å². The lowest BCUT2D eigenvalue weighted by Gasteiger charge is -2.25. The molecule has 0 aliphatic carbocycles. The lowest BCUT2D eigenvalue weighted by atomic mass is 9.94. The van der Waals surface area contributed by atoms with Gasteiger partial charge in [-0.1, -0.05) is 60.2 Å². The maximum atomic E-state index is 12.7. The summed E-state index contributed by atoms with van der Waals surface area (Å²) in [6, 6.07) is 15.8. The Labute approximate surface area is 152 Å². The number of aryl methyl sites for hydroxylation is 1. The number of aliphatic hydroxyl groups excluding tert-OH is 1. The summed E-state index contributed by atoms with van der Waals surface area (Å²) >= 11 is 0. The summed E-state index contributed by atoms with van der Waals surface area (Å²) in [4.78, 5) is 26.8. The Kier molecular flexibility index (Phi) is 5.19. The molecular weight excluding hydrogens is 330 g/mol. The smallest absolute Gasteiger partial charge is 0.295 e. The largest absolute Gasteiger partial charge is 0.507 e. The van der Waals surface area contributed by atoms with Crippen LogP contribution in [0.4, 0.5) is 0 Å². The molecule has 0 aromatic heterocycles. The Morgan fingerprint density at radius 2 is 1.85 bits per heavy atom. The molecule has 0 saturated carbocycles. The van der Waals surface area contributed by atoms with Crippen molar-refractivity contribution in [3.8, 4) is 0 Å². The number of aliphatic hydroxyl groups is 1. The molecule has 1 unspecified atom stereocenters. The zero-order chi connectivity index (χ0) is 18.7. The van der Waals surface area contributed by atoms with E-state index in [4.69, 9.17) is 4.74 Å².